The van der Waals surface area contributed by atoms with E-state index in [-0.39, 0.29) is 28.6 Å². The van der Waals surface area contributed by atoms with Crippen molar-refractivity contribution >= 4 is 23.2 Å². The molecule has 0 unspecified atom stereocenters. The number of nitrogens with zero attached hydrogens (tertiary/aromatic N) is 3. The predicted molar refractivity (Wildman–Crippen MR) is 163 cm³/mol. The van der Waals surface area contributed by atoms with Gasteiger partial charge in [-0.05, 0) is 47.7 Å². The molecule has 1 aromatic heterocycles. The van der Waals surface area contributed by atoms with Gasteiger partial charge in [0.2, 0.25) is 5.43 Å². The molecule has 3 aliphatic heterocycles. The molecule has 42 heavy (non-hydrogen) atoms. The lowest BCUT2D eigenvalue weighted by molar-refractivity contribution is -0.0198. The topological polar surface area (TPSA) is 64.0 Å². The van der Waals surface area contributed by atoms with Crippen LogP contribution in [-0.4, -0.2) is 48.0 Å². The molecule has 0 N–H and O–H groups in total. The number of morpholine rings is 1. The number of hydrogen-bond donors (Lipinski definition) is 0. The molecule has 2 aromatic carbocycles. The molecular weight excluding hydrogens is 553 g/mol. The summed E-state index contributed by atoms with van der Waals surface area (Å²) in [7, 11) is 0. The number of carbonyl (C=O) groups is 1. The van der Waals surface area contributed by atoms with E-state index in [4.69, 9.17) is 9.47 Å². The Hall–Kier alpha value is -3.56. The minimum absolute atomic E-state index is 0.0761. The minimum Gasteiger partial charge on any atom is -0.487 e. The Labute approximate surface area is 249 Å². The largest absolute Gasteiger partial charge is 0.487 e. The zero-order valence-corrected chi connectivity index (χ0v) is 24.9. The molecule has 0 aliphatic carbocycles. The lowest BCUT2D eigenvalue weighted by Gasteiger charge is -2.51. The minimum atomic E-state index is -0.453. The van der Waals surface area contributed by atoms with Crippen LogP contribution in [0.1, 0.15) is 78.3 Å². The van der Waals surface area contributed by atoms with E-state index >= 15 is 4.39 Å². The van der Waals surface area contributed by atoms with Gasteiger partial charge in [-0.25, -0.2) is 4.39 Å². The van der Waals surface area contributed by atoms with Gasteiger partial charge in [0, 0.05) is 35.0 Å². The van der Waals surface area contributed by atoms with E-state index in [2.05, 4.69) is 30.6 Å². The highest BCUT2D eigenvalue weighted by molar-refractivity contribution is 7.98. The molecule has 4 heterocycles. The number of unbranched alkanes of at least 4 members (excludes halogenated alkanes) is 3. The van der Waals surface area contributed by atoms with Crippen LogP contribution in [0.2, 0.25) is 0 Å². The number of fused-ring (bicyclic) bond motifs is 4. The lowest BCUT2D eigenvalue weighted by Crippen LogP contribution is -2.66. The fourth-order valence-electron chi connectivity index (χ4n) is 6.31. The van der Waals surface area contributed by atoms with Crippen molar-refractivity contribution in [2.45, 2.75) is 62.4 Å². The summed E-state index contributed by atoms with van der Waals surface area (Å²) in [5, 5.41) is 2.11. The second-order valence-corrected chi connectivity index (χ2v) is 12.1. The zero-order chi connectivity index (χ0) is 29.4. The van der Waals surface area contributed by atoms with Gasteiger partial charge in [0.05, 0.1) is 25.9 Å². The molecular formula is C33H36FN3O4S. The third kappa shape index (κ3) is 4.92. The fourth-order valence-corrected chi connectivity index (χ4v) is 7.44. The smallest absolute Gasteiger partial charge is 0.278 e. The molecule has 3 aliphatic rings. The number of thioether (sulfide) groups is 1. The number of ether oxygens (including phenoxy) is 2. The fraction of sp³-hybridized carbons (Fsp3) is 0.394. The van der Waals surface area contributed by atoms with Gasteiger partial charge in [0.15, 0.2) is 11.4 Å². The highest BCUT2D eigenvalue weighted by atomic mass is 32.2. The molecule has 1 fully saturated rings. The quantitative estimate of drug-likeness (QED) is 0.295. The maximum Gasteiger partial charge on any atom is 0.278 e. The molecule has 0 radical (unpaired) electrons. The summed E-state index contributed by atoms with van der Waals surface area (Å²) in [5.41, 5.74) is 3.93. The van der Waals surface area contributed by atoms with Crippen molar-refractivity contribution in [1.82, 2.24) is 9.58 Å². The first-order chi connectivity index (χ1) is 20.4. The number of amides is 1. The molecule has 9 heteroatoms. The molecule has 0 saturated carbocycles. The molecule has 6 rings (SSSR count). The average Bonchev–Trinajstić information content (AvgIpc) is 3.15. The van der Waals surface area contributed by atoms with E-state index < -0.39 is 12.2 Å². The Kier molecular flexibility index (Phi) is 8.14. The number of halogens is 1. The lowest BCUT2D eigenvalue weighted by atomic mass is 9.89. The maximum atomic E-state index is 15.3. The van der Waals surface area contributed by atoms with Gasteiger partial charge in [0.25, 0.3) is 5.91 Å². The summed E-state index contributed by atoms with van der Waals surface area (Å²) in [6.45, 7) is 9.51. The molecule has 3 aromatic rings. The SMILES string of the molecule is C=C(C)c1c(F)ccc2c1CSc1ccccc1[C@H]2N1[C@@H]2COCCN2C(=O)c2c(OCCCCCC)c(=O)ccn21. The summed E-state index contributed by atoms with van der Waals surface area (Å²) < 4.78 is 29.1. The van der Waals surface area contributed by atoms with Crippen LogP contribution < -0.4 is 15.2 Å². The number of rotatable bonds is 8. The van der Waals surface area contributed by atoms with E-state index in [9.17, 15) is 9.59 Å². The van der Waals surface area contributed by atoms with Crippen molar-refractivity contribution in [2.24, 2.45) is 0 Å². The summed E-state index contributed by atoms with van der Waals surface area (Å²) >= 11 is 1.66. The molecule has 7 nitrogen and oxygen atoms in total. The van der Waals surface area contributed by atoms with E-state index in [0.717, 1.165) is 47.3 Å². The van der Waals surface area contributed by atoms with Gasteiger partial charge >= 0.3 is 0 Å². The van der Waals surface area contributed by atoms with Gasteiger partial charge in [-0.15, -0.1) is 11.8 Å². The number of pyridine rings is 1. The first-order valence-corrected chi connectivity index (χ1v) is 15.7. The second-order valence-electron chi connectivity index (χ2n) is 11.0. The zero-order valence-electron chi connectivity index (χ0n) is 24.1. The van der Waals surface area contributed by atoms with Crippen molar-refractivity contribution in [3.05, 3.63) is 99.2 Å². The number of allylic oxidation sites excluding steroid dienone is 1. The molecule has 0 spiro atoms. The molecule has 1 amide bonds. The van der Waals surface area contributed by atoms with Crippen molar-refractivity contribution in [3.8, 4) is 5.75 Å². The molecule has 0 bridgehead atoms. The van der Waals surface area contributed by atoms with Crippen LogP contribution in [0.5, 0.6) is 5.75 Å². The van der Waals surface area contributed by atoms with Crippen LogP contribution in [0.15, 0.2) is 64.9 Å². The van der Waals surface area contributed by atoms with Crippen LogP contribution in [0, 0.1) is 5.82 Å². The van der Waals surface area contributed by atoms with Crippen LogP contribution in [-0.2, 0) is 10.5 Å². The first kappa shape index (κ1) is 28.6. The normalized spacial score (nSPS) is 19.4. The van der Waals surface area contributed by atoms with E-state index in [1.165, 1.54) is 12.1 Å². The average molecular weight is 590 g/mol. The van der Waals surface area contributed by atoms with Crippen molar-refractivity contribution in [2.75, 3.05) is 31.4 Å². The molecule has 1 saturated heterocycles. The number of aromatic nitrogens is 1. The van der Waals surface area contributed by atoms with Gasteiger partial charge in [-0.1, -0.05) is 57.0 Å². The van der Waals surface area contributed by atoms with Crippen LogP contribution >= 0.6 is 11.8 Å². The van der Waals surface area contributed by atoms with Gasteiger partial charge in [-0.2, -0.15) is 0 Å². The van der Waals surface area contributed by atoms with Crippen LogP contribution in [0.25, 0.3) is 5.57 Å². The Balaban J connectivity index is 1.57. The Morgan fingerprint density at radius 2 is 1.95 bits per heavy atom. The molecule has 2 atom stereocenters. The standard InChI is InChI=1S/C33H36FN3O4S/c1-4-5-6-9-17-41-32-26(38)14-15-36-31(32)33(39)35-16-18-40-19-28(35)37(36)30-22-12-13-25(34)29(21(2)3)24(22)20-42-27-11-8-7-10-23(27)30/h7-8,10-15,28,30H,2,4-6,9,16-20H2,1,3H3/t28-,30+/m1/s1. The first-order valence-electron chi connectivity index (χ1n) is 14.7. The van der Waals surface area contributed by atoms with Gasteiger partial charge in [0.1, 0.15) is 12.0 Å². The predicted octanol–water partition coefficient (Wildman–Crippen LogP) is 6.13. The van der Waals surface area contributed by atoms with Crippen LogP contribution in [0.3, 0.4) is 0 Å². The van der Waals surface area contributed by atoms with Gasteiger partial charge in [-0.3, -0.25) is 19.3 Å². The third-order valence-corrected chi connectivity index (χ3v) is 9.39. The Morgan fingerprint density at radius 3 is 2.76 bits per heavy atom. The van der Waals surface area contributed by atoms with Crippen molar-refractivity contribution in [3.63, 3.8) is 0 Å². The van der Waals surface area contributed by atoms with Crippen molar-refractivity contribution < 1.29 is 18.7 Å². The van der Waals surface area contributed by atoms with E-state index in [1.54, 1.807) is 27.5 Å². The third-order valence-electron chi connectivity index (χ3n) is 8.27. The summed E-state index contributed by atoms with van der Waals surface area (Å²) in [4.78, 5) is 30.1. The second kappa shape index (κ2) is 12.0. The highest BCUT2D eigenvalue weighted by Crippen LogP contribution is 2.46. The number of benzene rings is 2. The number of carbonyl (C=O) groups excluding carboxylic acids is 1. The maximum absolute atomic E-state index is 15.3. The number of hydrogen-bond acceptors (Lipinski definition) is 6. The Morgan fingerprint density at radius 1 is 1.12 bits per heavy atom. The monoisotopic (exact) mass is 589 g/mol. The van der Waals surface area contributed by atoms with Crippen LogP contribution in [0.4, 0.5) is 4.39 Å². The highest BCUT2D eigenvalue weighted by Gasteiger charge is 2.46. The van der Waals surface area contributed by atoms with E-state index in [1.807, 2.05) is 25.1 Å². The Bertz CT molecular complexity index is 1590. The summed E-state index contributed by atoms with van der Waals surface area (Å²) in [5.74, 6) is 0.0980. The molecule has 220 valence electrons. The summed E-state index contributed by atoms with van der Waals surface area (Å²) in [6, 6.07) is 12.6. The summed E-state index contributed by atoms with van der Waals surface area (Å²) in [6.07, 6.45) is 5.18. The van der Waals surface area contributed by atoms with Crippen molar-refractivity contribution in [1.29, 1.82) is 0 Å². The van der Waals surface area contributed by atoms with Gasteiger partial charge < -0.3 is 14.4 Å². The van der Waals surface area contributed by atoms with E-state index in [0.29, 0.717) is 43.3 Å².